The Morgan fingerprint density at radius 2 is 1.87 bits per heavy atom. The van der Waals surface area contributed by atoms with Crippen LogP contribution >= 0.6 is 0 Å². The molecule has 4 nitrogen and oxygen atoms in total. The van der Waals surface area contributed by atoms with Crippen molar-refractivity contribution in [3.63, 3.8) is 0 Å². The normalized spacial score (nSPS) is 23.0. The molecule has 1 N–H and O–H groups in total. The highest BCUT2D eigenvalue weighted by molar-refractivity contribution is 5.19. The van der Waals surface area contributed by atoms with Gasteiger partial charge in [-0.1, -0.05) is 12.1 Å². The van der Waals surface area contributed by atoms with Crippen molar-refractivity contribution in [1.29, 1.82) is 0 Å². The van der Waals surface area contributed by atoms with E-state index < -0.39 is 6.10 Å². The summed E-state index contributed by atoms with van der Waals surface area (Å²) in [6.07, 6.45) is 4.01. The molecule has 23 heavy (non-hydrogen) atoms. The maximum atomic E-state index is 13.2. The molecule has 1 aromatic carbocycles. The van der Waals surface area contributed by atoms with Crippen molar-refractivity contribution in [1.82, 2.24) is 4.90 Å². The maximum Gasteiger partial charge on any atom is 0.123 e. The van der Waals surface area contributed by atoms with Gasteiger partial charge in [0.1, 0.15) is 5.82 Å². The lowest BCUT2D eigenvalue weighted by atomic mass is 10.0. The van der Waals surface area contributed by atoms with Crippen LogP contribution < -0.4 is 0 Å². The van der Waals surface area contributed by atoms with E-state index in [2.05, 4.69) is 4.90 Å². The van der Waals surface area contributed by atoms with E-state index in [1.165, 1.54) is 12.1 Å². The molecule has 0 amide bonds. The summed E-state index contributed by atoms with van der Waals surface area (Å²) in [6.45, 7) is 4.00. The Bertz CT molecular complexity index is 485. The third-order valence-electron chi connectivity index (χ3n) is 4.75. The SMILES string of the molecule is OC(CN1CCC(OC2CCOCC2)CC1)c1cccc(F)c1. The van der Waals surface area contributed by atoms with Crippen molar-refractivity contribution in [3.05, 3.63) is 35.6 Å². The highest BCUT2D eigenvalue weighted by atomic mass is 19.1. The molecule has 2 aliphatic heterocycles. The zero-order valence-corrected chi connectivity index (χ0v) is 13.5. The van der Waals surface area contributed by atoms with Gasteiger partial charge in [-0.25, -0.2) is 4.39 Å². The fourth-order valence-electron chi connectivity index (χ4n) is 3.38. The summed E-state index contributed by atoms with van der Waals surface area (Å²) in [7, 11) is 0. The van der Waals surface area contributed by atoms with Gasteiger partial charge in [-0.05, 0) is 43.4 Å². The Hall–Kier alpha value is -1.01. The van der Waals surface area contributed by atoms with Crippen LogP contribution in [0.25, 0.3) is 0 Å². The first-order chi connectivity index (χ1) is 11.2. The van der Waals surface area contributed by atoms with Crippen LogP contribution in [0, 0.1) is 5.82 Å². The fraction of sp³-hybridized carbons (Fsp3) is 0.667. The van der Waals surface area contributed by atoms with Crippen molar-refractivity contribution >= 4 is 0 Å². The minimum atomic E-state index is -0.640. The van der Waals surface area contributed by atoms with E-state index in [0.717, 1.165) is 52.0 Å². The van der Waals surface area contributed by atoms with E-state index >= 15 is 0 Å². The summed E-state index contributed by atoms with van der Waals surface area (Å²) in [6, 6.07) is 6.22. The molecule has 0 spiro atoms. The molecule has 1 aromatic rings. The molecule has 0 saturated carbocycles. The first-order valence-electron chi connectivity index (χ1n) is 8.60. The third-order valence-corrected chi connectivity index (χ3v) is 4.75. The molecule has 0 radical (unpaired) electrons. The first-order valence-corrected chi connectivity index (χ1v) is 8.60. The fourth-order valence-corrected chi connectivity index (χ4v) is 3.38. The first kappa shape index (κ1) is 16.8. The number of likely N-dealkylation sites (tertiary alicyclic amines) is 1. The van der Waals surface area contributed by atoms with Crippen LogP contribution in [0.5, 0.6) is 0 Å². The Morgan fingerprint density at radius 3 is 2.57 bits per heavy atom. The number of aliphatic hydroxyl groups excluding tert-OH is 1. The Kier molecular flexibility index (Phi) is 6.00. The van der Waals surface area contributed by atoms with Gasteiger partial charge >= 0.3 is 0 Å². The molecule has 0 aliphatic carbocycles. The van der Waals surface area contributed by atoms with E-state index in [1.807, 2.05) is 0 Å². The number of hydrogen-bond acceptors (Lipinski definition) is 4. The average molecular weight is 323 g/mol. The van der Waals surface area contributed by atoms with Gasteiger partial charge in [-0.15, -0.1) is 0 Å². The molecule has 5 heteroatoms. The molecule has 0 aromatic heterocycles. The number of halogens is 1. The monoisotopic (exact) mass is 323 g/mol. The molecular weight excluding hydrogens is 297 g/mol. The second kappa shape index (κ2) is 8.20. The second-order valence-electron chi connectivity index (χ2n) is 6.52. The number of ether oxygens (including phenoxy) is 2. The number of piperidine rings is 1. The second-order valence-corrected chi connectivity index (χ2v) is 6.52. The molecule has 2 fully saturated rings. The summed E-state index contributed by atoms with van der Waals surface area (Å²) in [5.41, 5.74) is 0.644. The summed E-state index contributed by atoms with van der Waals surface area (Å²) in [5, 5.41) is 10.3. The molecular formula is C18H26FNO3. The largest absolute Gasteiger partial charge is 0.387 e. The zero-order valence-electron chi connectivity index (χ0n) is 13.5. The number of benzene rings is 1. The van der Waals surface area contributed by atoms with Gasteiger partial charge in [0.25, 0.3) is 0 Å². The van der Waals surface area contributed by atoms with Gasteiger partial charge in [0.2, 0.25) is 0 Å². The Morgan fingerprint density at radius 1 is 1.17 bits per heavy atom. The topological polar surface area (TPSA) is 41.9 Å². The third kappa shape index (κ3) is 4.98. The molecule has 2 aliphatic rings. The van der Waals surface area contributed by atoms with Crippen LogP contribution in [0.4, 0.5) is 4.39 Å². The van der Waals surface area contributed by atoms with E-state index in [0.29, 0.717) is 24.3 Å². The lowest BCUT2D eigenvalue weighted by molar-refractivity contribution is -0.0864. The summed E-state index contributed by atoms with van der Waals surface area (Å²) >= 11 is 0. The number of rotatable bonds is 5. The Labute approximate surface area is 137 Å². The van der Waals surface area contributed by atoms with E-state index in [1.54, 1.807) is 12.1 Å². The van der Waals surface area contributed by atoms with Crippen molar-refractivity contribution < 1.29 is 19.0 Å². The van der Waals surface area contributed by atoms with Gasteiger partial charge in [-0.2, -0.15) is 0 Å². The zero-order chi connectivity index (χ0) is 16.1. The lowest BCUT2D eigenvalue weighted by Crippen LogP contribution is -2.41. The van der Waals surface area contributed by atoms with E-state index in [9.17, 15) is 9.50 Å². The number of aliphatic hydroxyl groups is 1. The van der Waals surface area contributed by atoms with Crippen LogP contribution in [-0.4, -0.2) is 55.1 Å². The highest BCUT2D eigenvalue weighted by Gasteiger charge is 2.25. The van der Waals surface area contributed by atoms with Crippen LogP contribution in [0.15, 0.2) is 24.3 Å². The predicted octanol–water partition coefficient (Wildman–Crippen LogP) is 2.52. The number of hydrogen-bond donors (Lipinski definition) is 1. The highest BCUT2D eigenvalue weighted by Crippen LogP contribution is 2.22. The minimum absolute atomic E-state index is 0.301. The average Bonchev–Trinajstić information content (AvgIpc) is 2.57. The van der Waals surface area contributed by atoms with Gasteiger partial charge in [0.15, 0.2) is 0 Å². The van der Waals surface area contributed by atoms with E-state index in [-0.39, 0.29) is 5.82 Å². The minimum Gasteiger partial charge on any atom is -0.387 e. The predicted molar refractivity (Wildman–Crippen MR) is 85.7 cm³/mol. The lowest BCUT2D eigenvalue weighted by Gasteiger charge is -2.35. The van der Waals surface area contributed by atoms with Crippen LogP contribution in [0.1, 0.15) is 37.4 Å². The quantitative estimate of drug-likeness (QED) is 0.904. The Balaban J connectivity index is 1.42. The molecule has 3 rings (SSSR count). The molecule has 2 heterocycles. The summed E-state index contributed by atoms with van der Waals surface area (Å²) in [4.78, 5) is 2.24. The summed E-state index contributed by atoms with van der Waals surface area (Å²) < 4.78 is 24.8. The van der Waals surface area contributed by atoms with Crippen molar-refractivity contribution in [2.75, 3.05) is 32.8 Å². The molecule has 1 atom stereocenters. The molecule has 0 bridgehead atoms. The smallest absolute Gasteiger partial charge is 0.123 e. The van der Waals surface area contributed by atoms with Gasteiger partial charge in [0, 0.05) is 32.8 Å². The number of β-amino-alcohol motifs (C(OH)–C–C–N with tert-alkyl or cyclic N) is 1. The standard InChI is InChI=1S/C18H26FNO3/c19-15-3-1-2-14(12-15)18(21)13-20-8-4-16(5-9-20)23-17-6-10-22-11-7-17/h1-3,12,16-18,21H,4-11,13H2. The van der Waals surface area contributed by atoms with Gasteiger partial charge in [0.05, 0.1) is 18.3 Å². The van der Waals surface area contributed by atoms with Crippen molar-refractivity contribution in [3.8, 4) is 0 Å². The van der Waals surface area contributed by atoms with Crippen molar-refractivity contribution in [2.45, 2.75) is 44.0 Å². The van der Waals surface area contributed by atoms with Crippen molar-refractivity contribution in [2.24, 2.45) is 0 Å². The molecule has 1 unspecified atom stereocenters. The van der Waals surface area contributed by atoms with Gasteiger partial charge in [-0.3, -0.25) is 0 Å². The van der Waals surface area contributed by atoms with Gasteiger partial charge < -0.3 is 19.5 Å². The molecule has 128 valence electrons. The maximum absolute atomic E-state index is 13.2. The van der Waals surface area contributed by atoms with E-state index in [4.69, 9.17) is 9.47 Å². The number of nitrogens with zero attached hydrogens (tertiary/aromatic N) is 1. The van der Waals surface area contributed by atoms with Crippen LogP contribution in [0.3, 0.4) is 0 Å². The van der Waals surface area contributed by atoms with Crippen LogP contribution in [-0.2, 0) is 9.47 Å². The summed E-state index contributed by atoms with van der Waals surface area (Å²) in [5.74, 6) is -0.301. The molecule has 2 saturated heterocycles. The van der Waals surface area contributed by atoms with Crippen LogP contribution in [0.2, 0.25) is 0 Å².